The lowest BCUT2D eigenvalue weighted by Crippen LogP contribution is -1.96. The van der Waals surface area contributed by atoms with Gasteiger partial charge in [0.25, 0.3) is 11.4 Å². The molecule has 5 aromatic carbocycles. The van der Waals surface area contributed by atoms with Crippen LogP contribution in [0.15, 0.2) is 120 Å². The molecule has 0 atom stereocenters. The number of carbonyl (C=O) groups excluding carboxylic acids is 1. The van der Waals surface area contributed by atoms with Crippen LogP contribution in [0.5, 0.6) is 0 Å². The van der Waals surface area contributed by atoms with Gasteiger partial charge in [0.2, 0.25) is 0 Å². The summed E-state index contributed by atoms with van der Waals surface area (Å²) in [5.74, 6) is 12.0. The van der Waals surface area contributed by atoms with Crippen LogP contribution in [0.2, 0.25) is 0 Å². The van der Waals surface area contributed by atoms with Crippen molar-refractivity contribution in [3.05, 3.63) is 158 Å². The minimum Gasteiger partial charge on any atom is -0.287 e. The molecule has 44 heavy (non-hydrogen) atoms. The summed E-state index contributed by atoms with van der Waals surface area (Å²) in [6.45, 7) is 1.48. The van der Waals surface area contributed by atoms with Gasteiger partial charge < -0.3 is 0 Å². The van der Waals surface area contributed by atoms with Crippen molar-refractivity contribution < 1.29 is 14.6 Å². The first kappa shape index (κ1) is 29.5. The van der Waals surface area contributed by atoms with Gasteiger partial charge in [-0.05, 0) is 77.4 Å². The van der Waals surface area contributed by atoms with Crippen LogP contribution in [0.25, 0.3) is 22.3 Å². The van der Waals surface area contributed by atoms with E-state index in [9.17, 15) is 25.0 Å². The fraction of sp³-hybridized carbons (Fsp3) is 0.0278. The first-order valence-corrected chi connectivity index (χ1v) is 14.1. The molecule has 0 saturated heterocycles. The largest absolute Gasteiger partial charge is 0.287 e. The van der Waals surface area contributed by atoms with E-state index in [0.29, 0.717) is 16.7 Å². The average Bonchev–Trinajstić information content (AvgIpc) is 3.03. The van der Waals surface area contributed by atoms with Gasteiger partial charge >= 0.3 is 0 Å². The highest BCUT2D eigenvalue weighted by atomic mass is 32.2. The Morgan fingerprint density at radius 1 is 0.591 bits per heavy atom. The van der Waals surface area contributed by atoms with Gasteiger partial charge in [0, 0.05) is 40.6 Å². The Labute approximate surface area is 257 Å². The second-order valence-corrected chi connectivity index (χ2v) is 10.8. The van der Waals surface area contributed by atoms with Crippen LogP contribution in [0, 0.1) is 43.9 Å². The van der Waals surface area contributed by atoms with E-state index in [1.165, 1.54) is 25.1 Å². The van der Waals surface area contributed by atoms with Gasteiger partial charge in [-0.15, -0.1) is 0 Å². The summed E-state index contributed by atoms with van der Waals surface area (Å²) in [4.78, 5) is 35.0. The van der Waals surface area contributed by atoms with Crippen LogP contribution in [0.3, 0.4) is 0 Å². The van der Waals surface area contributed by atoms with E-state index in [-0.39, 0.29) is 27.6 Å². The summed E-state index contributed by atoms with van der Waals surface area (Å²) in [7, 11) is 0. The maximum Gasteiger partial charge on any atom is 0.285 e. The molecule has 0 heterocycles. The van der Waals surface area contributed by atoms with E-state index >= 15 is 0 Å². The number of thioether (sulfide) groups is 1. The minimum absolute atomic E-state index is 0.0337. The lowest BCUT2D eigenvalue weighted by Gasteiger charge is -2.08. The number of nitro groups is 2. The first-order valence-electron chi connectivity index (χ1n) is 13.3. The van der Waals surface area contributed by atoms with E-state index in [1.54, 1.807) is 42.5 Å². The molecule has 0 aliphatic heterocycles. The zero-order valence-electron chi connectivity index (χ0n) is 23.3. The lowest BCUT2D eigenvalue weighted by atomic mass is 9.96. The Hall–Kier alpha value is -5.96. The maximum atomic E-state index is 12.1. The zero-order valence-corrected chi connectivity index (χ0v) is 24.1. The van der Waals surface area contributed by atoms with Crippen LogP contribution in [0.1, 0.15) is 29.2 Å². The third-order valence-corrected chi connectivity index (χ3v) is 7.30. The summed E-state index contributed by atoms with van der Waals surface area (Å²) in [5, 5.41) is 24.0. The van der Waals surface area contributed by atoms with Crippen molar-refractivity contribution in [3.63, 3.8) is 0 Å². The molecule has 0 aromatic heterocycles. The SMILES string of the molecule is CC(=O)Sc1ccc(C#Cc2ccc(-c3ccc(-c4ccc(C#Cc5ccccc5)cc4)cc3[N+](=O)[O-])cc2[N+](=O)[O-])cc1. The Balaban J connectivity index is 1.42. The van der Waals surface area contributed by atoms with E-state index < -0.39 is 9.85 Å². The predicted octanol–water partition coefficient (Wildman–Crippen LogP) is 8.28. The average molecular weight is 595 g/mol. The zero-order chi connectivity index (χ0) is 31.1. The monoisotopic (exact) mass is 594 g/mol. The molecule has 0 N–H and O–H groups in total. The summed E-state index contributed by atoms with van der Waals surface area (Å²) < 4.78 is 0. The molecular weight excluding hydrogens is 572 g/mol. The third kappa shape index (κ3) is 7.27. The molecule has 0 aliphatic rings. The van der Waals surface area contributed by atoms with Crippen LogP contribution in [-0.4, -0.2) is 15.0 Å². The van der Waals surface area contributed by atoms with E-state index in [1.807, 2.05) is 54.6 Å². The molecule has 0 spiro atoms. The summed E-state index contributed by atoms with van der Waals surface area (Å²) >= 11 is 1.10. The summed E-state index contributed by atoms with van der Waals surface area (Å²) in [6.07, 6.45) is 0. The molecule has 212 valence electrons. The molecule has 0 radical (unpaired) electrons. The molecule has 0 fully saturated rings. The van der Waals surface area contributed by atoms with Crippen molar-refractivity contribution in [1.29, 1.82) is 0 Å². The van der Waals surface area contributed by atoms with Gasteiger partial charge in [0.1, 0.15) is 5.56 Å². The summed E-state index contributed by atoms with van der Waals surface area (Å²) in [6, 6.07) is 33.2. The quantitative estimate of drug-likeness (QED) is 0.0878. The van der Waals surface area contributed by atoms with Crippen LogP contribution >= 0.6 is 11.8 Å². The number of rotatable bonds is 5. The fourth-order valence-electron chi connectivity index (χ4n) is 4.39. The first-order chi connectivity index (χ1) is 21.3. The lowest BCUT2D eigenvalue weighted by molar-refractivity contribution is -0.385. The Morgan fingerprint density at radius 2 is 1.11 bits per heavy atom. The Bertz CT molecular complexity index is 2020. The van der Waals surface area contributed by atoms with Crippen molar-refractivity contribution >= 4 is 28.3 Å². The molecule has 8 heteroatoms. The molecule has 0 bridgehead atoms. The Morgan fingerprint density at radius 3 is 1.73 bits per heavy atom. The molecule has 5 rings (SSSR count). The summed E-state index contributed by atoms with van der Waals surface area (Å²) in [5.41, 5.74) is 4.07. The Kier molecular flexibility index (Phi) is 8.96. The van der Waals surface area contributed by atoms with Gasteiger partial charge in [0.15, 0.2) is 5.12 Å². The number of hydrogen-bond acceptors (Lipinski definition) is 6. The van der Waals surface area contributed by atoms with Crippen molar-refractivity contribution in [2.75, 3.05) is 0 Å². The van der Waals surface area contributed by atoms with Crippen LogP contribution in [0.4, 0.5) is 11.4 Å². The van der Waals surface area contributed by atoms with Crippen molar-refractivity contribution in [1.82, 2.24) is 0 Å². The fourth-order valence-corrected chi connectivity index (χ4v) is 4.99. The molecule has 0 amide bonds. The van der Waals surface area contributed by atoms with Gasteiger partial charge in [0.05, 0.1) is 15.4 Å². The topological polar surface area (TPSA) is 103 Å². The molecule has 7 nitrogen and oxygen atoms in total. The molecule has 0 saturated carbocycles. The van der Waals surface area contributed by atoms with E-state index in [0.717, 1.165) is 33.3 Å². The molecule has 0 aliphatic carbocycles. The van der Waals surface area contributed by atoms with Crippen molar-refractivity contribution in [3.8, 4) is 45.9 Å². The standard InChI is InChI=1S/C36H22N2O5S/c1-25(39)44-33-20-12-28(13-21-33)11-16-30-17-18-32(24-35(30)37(40)41)34-22-19-31(23-36(34)38(42)43)29-14-9-27(10-15-29)8-7-26-5-3-2-4-6-26/h2-6,9-10,12-15,17-24H,1H3. The van der Waals surface area contributed by atoms with Crippen molar-refractivity contribution in [2.45, 2.75) is 11.8 Å². The molecular formula is C36H22N2O5S. The number of nitro benzene ring substituents is 2. The van der Waals surface area contributed by atoms with E-state index in [4.69, 9.17) is 0 Å². The molecule has 5 aromatic rings. The number of hydrogen-bond donors (Lipinski definition) is 0. The number of carbonyl (C=O) groups is 1. The van der Waals surface area contributed by atoms with Gasteiger partial charge in [-0.2, -0.15) is 0 Å². The highest BCUT2D eigenvalue weighted by molar-refractivity contribution is 8.13. The van der Waals surface area contributed by atoms with Gasteiger partial charge in [-0.3, -0.25) is 25.0 Å². The predicted molar refractivity (Wildman–Crippen MR) is 172 cm³/mol. The highest BCUT2D eigenvalue weighted by Gasteiger charge is 2.21. The second kappa shape index (κ2) is 13.3. The smallest absolute Gasteiger partial charge is 0.285 e. The highest BCUT2D eigenvalue weighted by Crippen LogP contribution is 2.36. The van der Waals surface area contributed by atoms with Gasteiger partial charge in [-0.25, -0.2) is 0 Å². The van der Waals surface area contributed by atoms with Crippen LogP contribution < -0.4 is 0 Å². The number of benzene rings is 5. The maximum absolute atomic E-state index is 12.1. The van der Waals surface area contributed by atoms with E-state index in [2.05, 4.69) is 23.7 Å². The normalized spacial score (nSPS) is 10.1. The van der Waals surface area contributed by atoms with Crippen molar-refractivity contribution in [2.24, 2.45) is 0 Å². The van der Waals surface area contributed by atoms with Crippen LogP contribution in [-0.2, 0) is 4.79 Å². The molecule has 0 unspecified atom stereocenters. The number of nitrogens with zero attached hydrogens (tertiary/aromatic N) is 2. The second-order valence-electron chi connectivity index (χ2n) is 9.54. The minimum atomic E-state index is -0.553. The third-order valence-electron chi connectivity index (χ3n) is 6.50. The van der Waals surface area contributed by atoms with Gasteiger partial charge in [-0.1, -0.05) is 77.9 Å².